The van der Waals surface area contributed by atoms with Crippen LogP contribution in [0.3, 0.4) is 0 Å². The van der Waals surface area contributed by atoms with Crippen LogP contribution in [0.2, 0.25) is 0 Å². The summed E-state index contributed by atoms with van der Waals surface area (Å²) in [5, 5.41) is 0. The Kier molecular flexibility index (Phi) is 3.69. The summed E-state index contributed by atoms with van der Waals surface area (Å²) in [4.78, 5) is 7.19. The fourth-order valence-electron chi connectivity index (χ4n) is 0. The first kappa shape index (κ1) is 9.47. The van der Waals surface area contributed by atoms with E-state index >= 15 is 0 Å². The molecule has 0 saturated heterocycles. The second-order valence-corrected chi connectivity index (χ2v) is 1.63. The van der Waals surface area contributed by atoms with Gasteiger partial charge in [0.15, 0.2) is 0 Å². The summed E-state index contributed by atoms with van der Waals surface area (Å²) in [6.45, 7) is 0. The van der Waals surface area contributed by atoms with E-state index < -0.39 is 7.56 Å². The molecule has 1 atom stereocenters. The minimum Gasteiger partial charge on any atom is -0.344 e. The normalized spacial score (nSPS) is 17.7. The van der Waals surface area contributed by atoms with Crippen molar-refractivity contribution < 1.29 is 13.7 Å². The second kappa shape index (κ2) is 2.34. The van der Waals surface area contributed by atoms with Gasteiger partial charge in [0.25, 0.3) is 7.56 Å². The highest BCUT2D eigenvalue weighted by Crippen LogP contribution is 2.34. The monoisotopic (exact) mass is 111 g/mol. The molecule has 0 aromatic rings. The molecule has 0 amide bonds. The standard InChI is InChI=1S/BFHO2P.H3N/c1-5(2,3)4;/h(H,3,4);1H3. The number of halogens is 1. The summed E-state index contributed by atoms with van der Waals surface area (Å²) in [5.74, 6) is 0. The fourth-order valence-corrected chi connectivity index (χ4v) is 0. The Balaban J connectivity index is 0. The summed E-state index contributed by atoms with van der Waals surface area (Å²) in [6, 6.07) is 0. The van der Waals surface area contributed by atoms with Gasteiger partial charge in [-0.1, -0.05) is 0 Å². The maximum absolute atomic E-state index is 10.6. The van der Waals surface area contributed by atoms with Crippen LogP contribution >= 0.6 is 7.56 Å². The molecule has 0 aliphatic heterocycles. The first-order valence-electron chi connectivity index (χ1n) is 0.810. The number of rotatable bonds is 0. The summed E-state index contributed by atoms with van der Waals surface area (Å²) >= 11 is 0. The molecule has 6 heavy (non-hydrogen) atoms. The van der Waals surface area contributed by atoms with Gasteiger partial charge >= 0.3 is 0 Å². The zero-order valence-corrected chi connectivity index (χ0v) is 3.86. The van der Waals surface area contributed by atoms with Gasteiger partial charge in [0.1, 0.15) is 0 Å². The molecule has 36 valence electrons. The molecule has 0 aliphatic carbocycles. The highest BCUT2D eigenvalue weighted by molar-refractivity contribution is 7.78. The molecular weight excluding hydrogens is 107 g/mol. The lowest BCUT2D eigenvalue weighted by Crippen LogP contribution is -1.58. The first-order valence-corrected chi connectivity index (χ1v) is 2.43. The molecule has 0 aromatic carbocycles. The lowest BCUT2D eigenvalue weighted by molar-refractivity contribution is 0.450. The zero-order valence-electron chi connectivity index (χ0n) is 2.97. The third-order valence-corrected chi connectivity index (χ3v) is 0. The number of hydrogen-bond donors (Lipinski definition) is 2. The SMILES string of the molecule is N.[B]P(=O)(O)F. The van der Waals surface area contributed by atoms with Crippen LogP contribution in [0.4, 0.5) is 4.20 Å². The van der Waals surface area contributed by atoms with Crippen LogP contribution < -0.4 is 6.15 Å². The highest BCUT2D eigenvalue weighted by Gasteiger charge is 1.99. The molecule has 2 radical (unpaired) electrons. The molecule has 3 nitrogen and oxygen atoms in total. The summed E-state index contributed by atoms with van der Waals surface area (Å²) in [7, 11) is -0.840. The average Bonchev–Trinajstić information content (AvgIpc) is 0.722. The third-order valence-electron chi connectivity index (χ3n) is 0. The maximum atomic E-state index is 10.6. The van der Waals surface area contributed by atoms with E-state index in [0.717, 1.165) is 0 Å². The maximum Gasteiger partial charge on any atom is 0.299 e. The van der Waals surface area contributed by atoms with Crippen molar-refractivity contribution in [3.05, 3.63) is 0 Å². The van der Waals surface area contributed by atoms with Gasteiger partial charge in [-0.3, -0.25) is 4.57 Å². The number of hydrogen-bond acceptors (Lipinski definition) is 2. The van der Waals surface area contributed by atoms with Gasteiger partial charge in [0, 0.05) is 0 Å². The molecule has 0 spiro atoms. The molecule has 0 aliphatic rings. The van der Waals surface area contributed by atoms with Gasteiger partial charge in [-0.15, -0.1) is 0 Å². The summed E-state index contributed by atoms with van der Waals surface area (Å²) in [6.07, 6.45) is 0. The van der Waals surface area contributed by atoms with Crippen LogP contribution in [-0.2, 0) is 4.57 Å². The van der Waals surface area contributed by atoms with E-state index in [0.29, 0.717) is 0 Å². The molecule has 0 rings (SSSR count). The van der Waals surface area contributed by atoms with E-state index in [1.807, 2.05) is 0 Å². The first-order chi connectivity index (χ1) is 2.00. The van der Waals surface area contributed by atoms with Crippen LogP contribution in [0.1, 0.15) is 0 Å². The van der Waals surface area contributed by atoms with Crippen LogP contribution in [0.25, 0.3) is 0 Å². The molecule has 4 N–H and O–H groups in total. The molecule has 6 heteroatoms. The van der Waals surface area contributed by atoms with Crippen molar-refractivity contribution in [3.63, 3.8) is 0 Å². The summed E-state index contributed by atoms with van der Waals surface area (Å²) in [5.41, 5.74) is 0. The van der Waals surface area contributed by atoms with Crippen molar-refractivity contribution in [1.82, 2.24) is 6.15 Å². The minimum atomic E-state index is -4.64. The summed E-state index contributed by atoms with van der Waals surface area (Å²) < 4.78 is 19.5. The molecule has 0 heterocycles. The van der Waals surface area contributed by atoms with Gasteiger partial charge in [-0.05, 0) is 0 Å². The zero-order chi connectivity index (χ0) is 4.50. The predicted octanol–water partition coefficient (Wildman–Crippen LogP) is 0.387. The Morgan fingerprint density at radius 2 is 1.83 bits per heavy atom. The smallest absolute Gasteiger partial charge is 0.299 e. The van der Waals surface area contributed by atoms with E-state index in [9.17, 15) is 4.20 Å². The Labute approximate surface area is 36.1 Å². The van der Waals surface area contributed by atoms with Crippen LogP contribution in [0, 0.1) is 0 Å². The Morgan fingerprint density at radius 1 is 1.83 bits per heavy atom. The van der Waals surface area contributed by atoms with E-state index in [-0.39, 0.29) is 6.15 Å². The van der Waals surface area contributed by atoms with Gasteiger partial charge in [-0.2, -0.15) is 4.20 Å². The molecule has 0 bridgehead atoms. The predicted molar refractivity (Wildman–Crippen MR) is 21.7 cm³/mol. The molecule has 0 saturated carbocycles. The molecular formula is H4BFNO2P. The lowest BCUT2D eigenvalue weighted by atomic mass is 10.8. The van der Waals surface area contributed by atoms with Crippen molar-refractivity contribution >= 4 is 15.1 Å². The average molecular weight is 111 g/mol. The van der Waals surface area contributed by atoms with Gasteiger partial charge in [0.05, 0.1) is 0 Å². The van der Waals surface area contributed by atoms with E-state index in [4.69, 9.17) is 9.46 Å². The second-order valence-electron chi connectivity index (χ2n) is 0.545. The molecule has 0 aromatic heterocycles. The van der Waals surface area contributed by atoms with Crippen LogP contribution in [0.15, 0.2) is 0 Å². The van der Waals surface area contributed by atoms with Crippen molar-refractivity contribution in [1.29, 1.82) is 0 Å². The van der Waals surface area contributed by atoms with Gasteiger partial charge in [0.2, 0.25) is 7.57 Å². The molecule has 0 fully saturated rings. The van der Waals surface area contributed by atoms with Gasteiger partial charge in [-0.25, -0.2) is 0 Å². The molecule has 1 unspecified atom stereocenters. The topological polar surface area (TPSA) is 72.3 Å². The Bertz CT molecular complexity index is 59.7. The van der Waals surface area contributed by atoms with Crippen LogP contribution in [-0.4, -0.2) is 12.5 Å². The van der Waals surface area contributed by atoms with E-state index in [1.165, 1.54) is 0 Å². The minimum absolute atomic E-state index is 0. The van der Waals surface area contributed by atoms with Crippen molar-refractivity contribution in [2.45, 2.75) is 0 Å². The Morgan fingerprint density at radius 3 is 1.83 bits per heavy atom. The van der Waals surface area contributed by atoms with E-state index in [1.54, 1.807) is 0 Å². The largest absolute Gasteiger partial charge is 0.344 e. The van der Waals surface area contributed by atoms with Crippen molar-refractivity contribution in [2.75, 3.05) is 0 Å². The van der Waals surface area contributed by atoms with Gasteiger partial charge < -0.3 is 11.0 Å². The van der Waals surface area contributed by atoms with Crippen molar-refractivity contribution in [2.24, 2.45) is 0 Å². The van der Waals surface area contributed by atoms with Crippen LogP contribution in [0.5, 0.6) is 0 Å². The fraction of sp³-hybridized carbons (Fsp3) is 0. The lowest BCUT2D eigenvalue weighted by Gasteiger charge is -1.80. The third kappa shape index (κ3) is 1950. The van der Waals surface area contributed by atoms with E-state index in [2.05, 4.69) is 7.57 Å². The quantitative estimate of drug-likeness (QED) is 0.350. The van der Waals surface area contributed by atoms with Crippen molar-refractivity contribution in [3.8, 4) is 0 Å². The highest BCUT2D eigenvalue weighted by atomic mass is 31.2. The Hall–Kier alpha value is 0.145.